The molecule has 1 fully saturated rings. The van der Waals surface area contributed by atoms with Crippen LogP contribution in [0, 0.1) is 6.92 Å². The zero-order valence-electron chi connectivity index (χ0n) is 17.0. The first-order valence-electron chi connectivity index (χ1n) is 10.1. The Kier molecular flexibility index (Phi) is 5.88. The van der Waals surface area contributed by atoms with Crippen LogP contribution in [0.25, 0.3) is 22.5 Å². The van der Waals surface area contributed by atoms with E-state index in [1.165, 1.54) is 5.56 Å². The Hall–Kier alpha value is -2.76. The summed E-state index contributed by atoms with van der Waals surface area (Å²) in [5, 5.41) is 0. The van der Waals surface area contributed by atoms with Gasteiger partial charge in [-0.15, -0.1) is 0 Å². The normalized spacial score (nSPS) is 17.4. The van der Waals surface area contributed by atoms with Crippen LogP contribution >= 0.6 is 0 Å². The van der Waals surface area contributed by atoms with Crippen molar-refractivity contribution in [3.05, 3.63) is 76.2 Å². The minimum absolute atomic E-state index is 0.108. The van der Waals surface area contributed by atoms with Crippen LogP contribution in [-0.2, 0) is 11.3 Å². The number of methoxy groups -OCH3 is 1. The van der Waals surface area contributed by atoms with Crippen LogP contribution in [0.1, 0.15) is 24.1 Å². The topological polar surface area (TPSA) is 58.2 Å². The number of H-pyrrole nitrogens is 1. The molecule has 150 valence electrons. The lowest BCUT2D eigenvalue weighted by Gasteiger charge is -2.31. The fourth-order valence-corrected chi connectivity index (χ4v) is 4.09. The van der Waals surface area contributed by atoms with E-state index in [1.807, 2.05) is 49.4 Å². The largest absolute Gasteiger partial charge is 0.380 e. The summed E-state index contributed by atoms with van der Waals surface area (Å²) in [6.07, 6.45) is 2.61. The number of likely N-dealkylation sites (tertiary alicyclic amines) is 1. The molecule has 1 aromatic heterocycles. The summed E-state index contributed by atoms with van der Waals surface area (Å²) < 4.78 is 5.53. The Labute approximate surface area is 171 Å². The number of nitrogens with one attached hydrogen (secondary N) is 1. The third-order valence-electron chi connectivity index (χ3n) is 5.56. The van der Waals surface area contributed by atoms with Crippen molar-refractivity contribution in [1.29, 1.82) is 0 Å². The molecule has 0 aliphatic carbocycles. The van der Waals surface area contributed by atoms with Gasteiger partial charge in [0.25, 0.3) is 5.56 Å². The van der Waals surface area contributed by atoms with Gasteiger partial charge in [-0.1, -0.05) is 48.5 Å². The second kappa shape index (κ2) is 8.72. The third kappa shape index (κ3) is 4.47. The molecule has 4 rings (SSSR count). The molecule has 1 atom stereocenters. The summed E-state index contributed by atoms with van der Waals surface area (Å²) in [5.74, 6) is 0.613. The number of ether oxygens (including phenoxy) is 1. The van der Waals surface area contributed by atoms with Crippen LogP contribution in [0.3, 0.4) is 0 Å². The molecule has 5 heteroatoms. The van der Waals surface area contributed by atoms with E-state index >= 15 is 0 Å². The van der Waals surface area contributed by atoms with Crippen molar-refractivity contribution in [2.75, 3.05) is 20.2 Å². The molecule has 1 aliphatic rings. The summed E-state index contributed by atoms with van der Waals surface area (Å²) in [5.41, 5.74) is 4.29. The number of aromatic amines is 1. The first-order valence-corrected chi connectivity index (χ1v) is 10.1. The molecule has 0 bridgehead atoms. The van der Waals surface area contributed by atoms with Gasteiger partial charge in [0.2, 0.25) is 0 Å². The van der Waals surface area contributed by atoms with Crippen molar-refractivity contribution < 1.29 is 4.74 Å². The van der Waals surface area contributed by atoms with Crippen molar-refractivity contribution >= 4 is 0 Å². The first kappa shape index (κ1) is 19.6. The van der Waals surface area contributed by atoms with Gasteiger partial charge in [0.05, 0.1) is 17.4 Å². The minimum Gasteiger partial charge on any atom is -0.380 e. The van der Waals surface area contributed by atoms with E-state index in [1.54, 1.807) is 7.11 Å². The molecule has 1 saturated heterocycles. The highest BCUT2D eigenvalue weighted by Gasteiger charge is 2.19. The fraction of sp³-hybridized carbons (Fsp3) is 0.333. The average molecular weight is 389 g/mol. The van der Waals surface area contributed by atoms with Crippen molar-refractivity contribution in [2.45, 2.75) is 32.4 Å². The van der Waals surface area contributed by atoms with E-state index in [9.17, 15) is 4.79 Å². The van der Waals surface area contributed by atoms with E-state index in [0.29, 0.717) is 17.5 Å². The van der Waals surface area contributed by atoms with Gasteiger partial charge in [-0.2, -0.15) is 0 Å². The van der Waals surface area contributed by atoms with Crippen LogP contribution in [0.15, 0.2) is 59.4 Å². The van der Waals surface area contributed by atoms with Crippen LogP contribution in [0.4, 0.5) is 0 Å². The van der Waals surface area contributed by atoms with Gasteiger partial charge in [0.15, 0.2) is 0 Å². The van der Waals surface area contributed by atoms with Gasteiger partial charge >= 0.3 is 0 Å². The lowest BCUT2D eigenvalue weighted by atomic mass is 10.0. The highest BCUT2D eigenvalue weighted by molar-refractivity contribution is 5.66. The lowest BCUT2D eigenvalue weighted by Crippen LogP contribution is -2.38. The van der Waals surface area contributed by atoms with Gasteiger partial charge in [0, 0.05) is 25.8 Å². The monoisotopic (exact) mass is 389 g/mol. The summed E-state index contributed by atoms with van der Waals surface area (Å²) in [6, 6.07) is 18.0. The van der Waals surface area contributed by atoms with Crippen LogP contribution < -0.4 is 5.56 Å². The molecule has 0 radical (unpaired) electrons. The van der Waals surface area contributed by atoms with E-state index < -0.39 is 0 Å². The van der Waals surface area contributed by atoms with E-state index in [0.717, 1.165) is 49.3 Å². The van der Waals surface area contributed by atoms with Gasteiger partial charge in [-0.05, 0) is 43.5 Å². The molecule has 5 nitrogen and oxygen atoms in total. The molecule has 3 aromatic rings. The Balaban J connectivity index is 1.59. The number of rotatable bonds is 5. The molecule has 2 aromatic carbocycles. The predicted octanol–water partition coefficient (Wildman–Crippen LogP) is 4.02. The second-order valence-electron chi connectivity index (χ2n) is 7.68. The Bertz CT molecular complexity index is 1030. The molecular weight excluding hydrogens is 362 g/mol. The molecule has 1 N–H and O–H groups in total. The Morgan fingerprint density at radius 3 is 2.69 bits per heavy atom. The first-order chi connectivity index (χ1) is 14.1. The highest BCUT2D eigenvalue weighted by Crippen LogP contribution is 2.22. The third-order valence-corrected chi connectivity index (χ3v) is 5.56. The minimum atomic E-state index is -0.108. The predicted molar refractivity (Wildman–Crippen MR) is 116 cm³/mol. The standard InChI is InChI=1S/C24H27N3O2/c1-17-22(19-9-4-3-5-10-19)24(28)26-23(25-17)20-11-6-8-18(14-20)15-27-13-7-12-21(16-27)29-2/h3-6,8-11,14,21H,7,12-13,15-16H2,1-2H3,(H,25,26,28). The number of benzene rings is 2. The zero-order chi connectivity index (χ0) is 20.2. The van der Waals surface area contributed by atoms with E-state index in [-0.39, 0.29) is 5.56 Å². The molecule has 1 aliphatic heterocycles. The maximum atomic E-state index is 12.8. The average Bonchev–Trinajstić information content (AvgIpc) is 2.74. The van der Waals surface area contributed by atoms with Crippen molar-refractivity contribution in [1.82, 2.24) is 14.9 Å². The summed E-state index contributed by atoms with van der Waals surface area (Å²) >= 11 is 0. The van der Waals surface area contributed by atoms with Crippen molar-refractivity contribution in [3.8, 4) is 22.5 Å². The summed E-state index contributed by atoms with van der Waals surface area (Å²) in [4.78, 5) is 22.9. The van der Waals surface area contributed by atoms with Gasteiger partial charge in [-0.25, -0.2) is 4.98 Å². The van der Waals surface area contributed by atoms with Gasteiger partial charge in [0.1, 0.15) is 5.82 Å². The van der Waals surface area contributed by atoms with Gasteiger partial charge < -0.3 is 9.72 Å². The van der Waals surface area contributed by atoms with Gasteiger partial charge in [-0.3, -0.25) is 9.69 Å². The maximum Gasteiger partial charge on any atom is 0.259 e. The lowest BCUT2D eigenvalue weighted by molar-refractivity contribution is 0.0285. The number of hydrogen-bond acceptors (Lipinski definition) is 4. The second-order valence-corrected chi connectivity index (χ2v) is 7.68. The molecule has 2 heterocycles. The zero-order valence-corrected chi connectivity index (χ0v) is 17.0. The van der Waals surface area contributed by atoms with Crippen LogP contribution in [0.5, 0.6) is 0 Å². The molecule has 0 saturated carbocycles. The van der Waals surface area contributed by atoms with Crippen molar-refractivity contribution in [2.24, 2.45) is 0 Å². The number of nitrogens with zero attached hydrogens (tertiary/aromatic N) is 2. The molecule has 0 spiro atoms. The van der Waals surface area contributed by atoms with Crippen LogP contribution in [-0.4, -0.2) is 41.2 Å². The van der Waals surface area contributed by atoms with Crippen LogP contribution in [0.2, 0.25) is 0 Å². The molecule has 1 unspecified atom stereocenters. The quantitative estimate of drug-likeness (QED) is 0.716. The maximum absolute atomic E-state index is 12.8. The van der Waals surface area contributed by atoms with E-state index in [4.69, 9.17) is 9.72 Å². The molecule has 0 amide bonds. The fourth-order valence-electron chi connectivity index (χ4n) is 4.09. The number of hydrogen-bond donors (Lipinski definition) is 1. The molecule has 29 heavy (non-hydrogen) atoms. The number of piperidine rings is 1. The number of aryl methyl sites for hydroxylation is 1. The Morgan fingerprint density at radius 2 is 1.93 bits per heavy atom. The highest BCUT2D eigenvalue weighted by atomic mass is 16.5. The summed E-state index contributed by atoms with van der Waals surface area (Å²) in [7, 11) is 1.79. The number of aromatic nitrogens is 2. The van der Waals surface area contributed by atoms with Crippen molar-refractivity contribution in [3.63, 3.8) is 0 Å². The smallest absolute Gasteiger partial charge is 0.259 e. The Morgan fingerprint density at radius 1 is 1.14 bits per heavy atom. The summed E-state index contributed by atoms with van der Waals surface area (Å²) in [6.45, 7) is 4.81. The molecular formula is C24H27N3O2. The van der Waals surface area contributed by atoms with E-state index in [2.05, 4.69) is 22.0 Å². The SMILES string of the molecule is COC1CCCN(Cc2cccc(-c3nc(C)c(-c4ccccc4)c(=O)[nH]3)c2)C1.